The Balaban J connectivity index is 2.74. The van der Waals surface area contributed by atoms with Crippen LogP contribution < -0.4 is 5.32 Å². The van der Waals surface area contributed by atoms with Crippen molar-refractivity contribution in [1.29, 1.82) is 0 Å². The van der Waals surface area contributed by atoms with E-state index in [1.165, 1.54) is 0 Å². The Labute approximate surface area is 106 Å². The molecule has 2 nitrogen and oxygen atoms in total. The maximum absolute atomic E-state index is 11.7. The zero-order valence-corrected chi connectivity index (χ0v) is 11.1. The Kier molecular flexibility index (Phi) is 4.22. The maximum Gasteiger partial charge on any atom is 0.224 e. The van der Waals surface area contributed by atoms with Crippen LogP contribution in [0.1, 0.15) is 27.2 Å². The van der Waals surface area contributed by atoms with Gasteiger partial charge in [0.1, 0.15) is 0 Å². The van der Waals surface area contributed by atoms with E-state index in [0.717, 1.165) is 0 Å². The average molecular weight is 260 g/mol. The van der Waals surface area contributed by atoms with E-state index in [-0.39, 0.29) is 11.3 Å². The van der Waals surface area contributed by atoms with Gasteiger partial charge in [-0.15, -0.1) is 0 Å². The van der Waals surface area contributed by atoms with Gasteiger partial charge in [-0.25, -0.2) is 0 Å². The fraction of sp³-hybridized carbons (Fsp3) is 0.417. The Morgan fingerprint density at radius 2 is 1.94 bits per heavy atom. The summed E-state index contributed by atoms with van der Waals surface area (Å²) in [6, 6.07) is 5.17. The number of benzene rings is 1. The van der Waals surface area contributed by atoms with Gasteiger partial charge in [0, 0.05) is 6.42 Å². The quantitative estimate of drug-likeness (QED) is 0.840. The minimum atomic E-state index is -0.0586. The molecule has 0 bridgehead atoms. The molecule has 0 aliphatic carbocycles. The van der Waals surface area contributed by atoms with E-state index in [9.17, 15) is 4.79 Å². The van der Waals surface area contributed by atoms with Gasteiger partial charge in [-0.3, -0.25) is 4.79 Å². The highest BCUT2D eigenvalue weighted by molar-refractivity contribution is 6.43. The van der Waals surface area contributed by atoms with Crippen LogP contribution in [0.15, 0.2) is 18.2 Å². The molecule has 16 heavy (non-hydrogen) atoms. The summed E-state index contributed by atoms with van der Waals surface area (Å²) in [6.45, 7) is 6.02. The average Bonchev–Trinajstić information content (AvgIpc) is 2.09. The third-order valence-electron chi connectivity index (χ3n) is 1.92. The highest BCUT2D eigenvalue weighted by Crippen LogP contribution is 2.30. The van der Waals surface area contributed by atoms with Crippen molar-refractivity contribution < 1.29 is 4.79 Å². The van der Waals surface area contributed by atoms with Gasteiger partial charge in [-0.1, -0.05) is 50.0 Å². The third kappa shape index (κ3) is 4.03. The third-order valence-corrected chi connectivity index (χ3v) is 2.74. The standard InChI is InChI=1S/C12H15Cl2NO/c1-12(2,3)7-10(16)15-9-6-4-5-8(13)11(9)14/h4-6H,7H2,1-3H3,(H,15,16). The minimum absolute atomic E-state index is 0.0465. The molecule has 0 fully saturated rings. The first-order valence-electron chi connectivity index (χ1n) is 5.03. The number of carbonyl (C=O) groups is 1. The molecule has 1 aromatic rings. The van der Waals surface area contributed by atoms with Gasteiger partial charge in [0.25, 0.3) is 0 Å². The zero-order valence-electron chi connectivity index (χ0n) is 9.60. The summed E-state index contributed by atoms with van der Waals surface area (Å²) >= 11 is 11.8. The molecule has 0 heterocycles. The largest absolute Gasteiger partial charge is 0.325 e. The van der Waals surface area contributed by atoms with E-state index in [0.29, 0.717) is 22.2 Å². The van der Waals surface area contributed by atoms with Gasteiger partial charge in [0.15, 0.2) is 0 Å². The summed E-state index contributed by atoms with van der Waals surface area (Å²) < 4.78 is 0. The smallest absolute Gasteiger partial charge is 0.224 e. The molecule has 0 aromatic heterocycles. The molecule has 88 valence electrons. The lowest BCUT2D eigenvalue weighted by atomic mass is 9.92. The summed E-state index contributed by atoms with van der Waals surface area (Å²) in [4.78, 5) is 11.7. The summed E-state index contributed by atoms with van der Waals surface area (Å²) in [5.41, 5.74) is 0.512. The second-order valence-corrected chi connectivity index (χ2v) is 5.67. The lowest BCUT2D eigenvalue weighted by molar-refractivity contribution is -0.117. The van der Waals surface area contributed by atoms with Crippen molar-refractivity contribution in [2.24, 2.45) is 5.41 Å². The van der Waals surface area contributed by atoms with E-state index in [1.807, 2.05) is 20.8 Å². The molecule has 0 atom stereocenters. The van der Waals surface area contributed by atoms with Crippen LogP contribution >= 0.6 is 23.2 Å². The highest BCUT2D eigenvalue weighted by atomic mass is 35.5. The van der Waals surface area contributed by atoms with Gasteiger partial charge < -0.3 is 5.32 Å². The molecule has 0 unspecified atom stereocenters. The molecule has 1 aromatic carbocycles. The minimum Gasteiger partial charge on any atom is -0.325 e. The SMILES string of the molecule is CC(C)(C)CC(=O)Nc1cccc(Cl)c1Cl. The van der Waals surface area contributed by atoms with Crippen molar-refractivity contribution in [3.05, 3.63) is 28.2 Å². The topological polar surface area (TPSA) is 29.1 Å². The normalized spacial score (nSPS) is 11.3. The number of rotatable bonds is 2. The van der Waals surface area contributed by atoms with Gasteiger partial charge >= 0.3 is 0 Å². The number of hydrogen-bond acceptors (Lipinski definition) is 1. The number of carbonyl (C=O) groups excluding carboxylic acids is 1. The molecule has 0 saturated heterocycles. The van der Waals surface area contributed by atoms with Gasteiger partial charge in [0.05, 0.1) is 15.7 Å². The summed E-state index contributed by atoms with van der Waals surface area (Å²) in [5, 5.41) is 3.57. The van der Waals surface area contributed by atoms with Crippen molar-refractivity contribution in [1.82, 2.24) is 0 Å². The second kappa shape index (κ2) is 5.07. The molecule has 0 saturated carbocycles. The molecular formula is C12H15Cl2NO. The molecule has 1 amide bonds. The Morgan fingerprint density at radius 1 is 1.31 bits per heavy atom. The van der Waals surface area contributed by atoms with E-state index in [1.54, 1.807) is 18.2 Å². The van der Waals surface area contributed by atoms with Gasteiger partial charge in [-0.05, 0) is 17.5 Å². The molecule has 4 heteroatoms. The first-order valence-corrected chi connectivity index (χ1v) is 5.79. The summed E-state index contributed by atoms with van der Waals surface area (Å²) in [6.07, 6.45) is 0.440. The van der Waals surface area contributed by atoms with Crippen LogP contribution in [0.5, 0.6) is 0 Å². The fourth-order valence-corrected chi connectivity index (χ4v) is 1.62. The first-order chi connectivity index (χ1) is 7.29. The van der Waals surface area contributed by atoms with E-state index >= 15 is 0 Å². The first kappa shape index (κ1) is 13.3. The molecule has 1 N–H and O–H groups in total. The zero-order chi connectivity index (χ0) is 12.3. The number of hydrogen-bond donors (Lipinski definition) is 1. The van der Waals surface area contributed by atoms with Gasteiger partial charge in [-0.2, -0.15) is 0 Å². The lowest BCUT2D eigenvalue weighted by Crippen LogP contribution is -2.19. The number of halogens is 2. The summed E-state index contributed by atoms with van der Waals surface area (Å²) in [7, 11) is 0. The maximum atomic E-state index is 11.7. The van der Waals surface area contributed by atoms with Crippen molar-refractivity contribution in [3.63, 3.8) is 0 Å². The van der Waals surface area contributed by atoms with Crippen LogP contribution in [0.25, 0.3) is 0 Å². The van der Waals surface area contributed by atoms with Crippen LogP contribution in [0.3, 0.4) is 0 Å². The number of nitrogens with one attached hydrogen (secondary N) is 1. The van der Waals surface area contributed by atoms with Crippen molar-refractivity contribution >= 4 is 34.8 Å². The molecular weight excluding hydrogens is 245 g/mol. The number of amides is 1. The van der Waals surface area contributed by atoms with E-state index < -0.39 is 0 Å². The van der Waals surface area contributed by atoms with Crippen molar-refractivity contribution in [2.75, 3.05) is 5.32 Å². The van der Waals surface area contributed by atoms with Crippen LogP contribution in [0, 0.1) is 5.41 Å². The van der Waals surface area contributed by atoms with Crippen molar-refractivity contribution in [2.45, 2.75) is 27.2 Å². The van der Waals surface area contributed by atoms with Crippen LogP contribution in [0.4, 0.5) is 5.69 Å². The van der Waals surface area contributed by atoms with Crippen LogP contribution in [-0.4, -0.2) is 5.91 Å². The van der Waals surface area contributed by atoms with E-state index in [2.05, 4.69) is 5.32 Å². The molecule has 0 radical (unpaired) electrons. The molecule has 0 aliphatic rings. The molecule has 1 rings (SSSR count). The number of anilines is 1. The Hall–Kier alpha value is -0.730. The van der Waals surface area contributed by atoms with Crippen molar-refractivity contribution in [3.8, 4) is 0 Å². The lowest BCUT2D eigenvalue weighted by Gasteiger charge is -2.17. The molecule has 0 spiro atoms. The Bertz CT molecular complexity index is 396. The van der Waals surface area contributed by atoms with Crippen LogP contribution in [-0.2, 0) is 4.79 Å². The predicted molar refractivity (Wildman–Crippen MR) is 69.2 cm³/mol. The monoisotopic (exact) mass is 259 g/mol. The fourth-order valence-electron chi connectivity index (χ4n) is 1.28. The van der Waals surface area contributed by atoms with E-state index in [4.69, 9.17) is 23.2 Å². The van der Waals surface area contributed by atoms with Crippen LogP contribution in [0.2, 0.25) is 10.0 Å². The molecule has 0 aliphatic heterocycles. The second-order valence-electron chi connectivity index (χ2n) is 4.89. The van der Waals surface area contributed by atoms with Gasteiger partial charge in [0.2, 0.25) is 5.91 Å². The summed E-state index contributed by atoms with van der Waals surface area (Å²) in [5.74, 6) is -0.0586. The predicted octanol–water partition coefficient (Wildman–Crippen LogP) is 4.37. The Morgan fingerprint density at radius 3 is 2.50 bits per heavy atom. The highest BCUT2D eigenvalue weighted by Gasteiger charge is 2.16.